The SMILES string of the molecule is FC(F)c1nc(Cl)c(Cl)cc1CCl. The first kappa shape index (κ1) is 11.0. The van der Waals surface area contributed by atoms with Crippen molar-refractivity contribution in [2.24, 2.45) is 0 Å². The third-order valence-electron chi connectivity index (χ3n) is 1.40. The molecule has 0 spiro atoms. The highest BCUT2D eigenvalue weighted by molar-refractivity contribution is 6.41. The molecule has 0 unspecified atom stereocenters. The van der Waals surface area contributed by atoms with Gasteiger partial charge in [0, 0.05) is 5.88 Å². The van der Waals surface area contributed by atoms with Gasteiger partial charge in [0.15, 0.2) is 0 Å². The first-order valence-corrected chi connectivity index (χ1v) is 4.54. The van der Waals surface area contributed by atoms with Gasteiger partial charge < -0.3 is 0 Å². The van der Waals surface area contributed by atoms with Crippen LogP contribution < -0.4 is 0 Å². The van der Waals surface area contributed by atoms with Crippen molar-refractivity contribution in [3.8, 4) is 0 Å². The summed E-state index contributed by atoms with van der Waals surface area (Å²) in [5.41, 5.74) is -0.213. The lowest BCUT2D eigenvalue weighted by Crippen LogP contribution is -1.97. The van der Waals surface area contributed by atoms with Gasteiger partial charge in [-0.3, -0.25) is 0 Å². The Morgan fingerprint density at radius 1 is 1.38 bits per heavy atom. The molecule has 0 aliphatic rings. The number of nitrogens with zero attached hydrogens (tertiary/aromatic N) is 1. The van der Waals surface area contributed by atoms with Crippen LogP contribution in [0, 0.1) is 0 Å². The highest BCUT2D eigenvalue weighted by Crippen LogP contribution is 2.28. The molecule has 0 radical (unpaired) electrons. The van der Waals surface area contributed by atoms with Gasteiger partial charge in [-0.25, -0.2) is 13.8 Å². The van der Waals surface area contributed by atoms with Crippen molar-refractivity contribution in [1.29, 1.82) is 0 Å². The summed E-state index contributed by atoms with van der Waals surface area (Å²) in [6.07, 6.45) is -2.69. The molecule has 6 heteroatoms. The average molecular weight is 246 g/mol. The topological polar surface area (TPSA) is 12.9 Å². The number of halogens is 5. The molecule has 13 heavy (non-hydrogen) atoms. The van der Waals surface area contributed by atoms with Crippen molar-refractivity contribution in [2.45, 2.75) is 12.3 Å². The minimum Gasteiger partial charge on any atom is -0.233 e. The molecule has 72 valence electrons. The van der Waals surface area contributed by atoms with E-state index in [2.05, 4.69) is 4.98 Å². The van der Waals surface area contributed by atoms with Crippen molar-refractivity contribution in [3.05, 3.63) is 27.5 Å². The van der Waals surface area contributed by atoms with Gasteiger partial charge in [0.05, 0.1) is 5.02 Å². The second-order valence-electron chi connectivity index (χ2n) is 2.24. The molecule has 0 saturated heterocycles. The Bertz CT molecular complexity index is 317. The molecule has 1 aromatic rings. The first-order chi connectivity index (χ1) is 6.06. The molecule has 0 aliphatic carbocycles. The first-order valence-electron chi connectivity index (χ1n) is 3.25. The Kier molecular flexibility index (Phi) is 3.71. The van der Waals surface area contributed by atoms with Gasteiger partial charge in [0.25, 0.3) is 6.43 Å². The lowest BCUT2D eigenvalue weighted by atomic mass is 10.2. The molecule has 1 rings (SSSR count). The molecule has 0 amide bonds. The molecule has 0 atom stereocenters. The van der Waals surface area contributed by atoms with Gasteiger partial charge in [-0.2, -0.15) is 0 Å². The lowest BCUT2D eigenvalue weighted by molar-refractivity contribution is 0.145. The molecular weight excluding hydrogens is 242 g/mol. The molecular formula is C7H4Cl3F2N. The van der Waals surface area contributed by atoms with E-state index in [-0.39, 0.29) is 21.6 Å². The average Bonchev–Trinajstić information content (AvgIpc) is 2.08. The molecule has 1 heterocycles. The third kappa shape index (κ3) is 2.42. The summed E-state index contributed by atoms with van der Waals surface area (Å²) < 4.78 is 24.6. The molecule has 0 aromatic carbocycles. The van der Waals surface area contributed by atoms with E-state index in [4.69, 9.17) is 34.8 Å². The van der Waals surface area contributed by atoms with Crippen molar-refractivity contribution in [3.63, 3.8) is 0 Å². The smallest absolute Gasteiger partial charge is 0.233 e. The largest absolute Gasteiger partial charge is 0.280 e. The fourth-order valence-electron chi connectivity index (χ4n) is 0.813. The van der Waals surface area contributed by atoms with Crippen LogP contribution in [0.15, 0.2) is 6.07 Å². The van der Waals surface area contributed by atoms with Crippen LogP contribution in [0.3, 0.4) is 0 Å². The van der Waals surface area contributed by atoms with Crippen molar-refractivity contribution >= 4 is 34.8 Å². The van der Waals surface area contributed by atoms with Crippen LogP contribution in [-0.2, 0) is 5.88 Å². The standard InChI is InChI=1S/C7H4Cl3F2N/c8-2-3-1-4(9)6(10)13-5(3)7(11)12/h1,7H,2H2. The molecule has 0 fully saturated rings. The minimum atomic E-state index is -2.69. The second kappa shape index (κ2) is 4.40. The normalized spacial score (nSPS) is 10.9. The Morgan fingerprint density at radius 2 is 2.00 bits per heavy atom. The summed E-state index contributed by atoms with van der Waals surface area (Å²) >= 11 is 16.5. The zero-order valence-electron chi connectivity index (χ0n) is 6.20. The van der Waals surface area contributed by atoms with E-state index in [1.165, 1.54) is 6.07 Å². The molecule has 0 N–H and O–H groups in total. The van der Waals surface area contributed by atoms with E-state index in [0.717, 1.165) is 0 Å². The summed E-state index contributed by atoms with van der Waals surface area (Å²) in [6, 6.07) is 1.30. The van der Waals surface area contributed by atoms with Crippen LogP contribution in [0.25, 0.3) is 0 Å². The highest BCUT2D eigenvalue weighted by atomic mass is 35.5. The Balaban J connectivity index is 3.25. The van der Waals surface area contributed by atoms with Crippen molar-refractivity contribution in [2.75, 3.05) is 0 Å². The lowest BCUT2D eigenvalue weighted by Gasteiger charge is -2.06. The summed E-state index contributed by atoms with van der Waals surface area (Å²) in [5.74, 6) is -0.0659. The van der Waals surface area contributed by atoms with Gasteiger partial charge in [-0.15, -0.1) is 11.6 Å². The molecule has 1 nitrogen and oxygen atoms in total. The van der Waals surface area contributed by atoms with Crippen LogP contribution >= 0.6 is 34.8 Å². The summed E-state index contributed by atoms with van der Waals surface area (Å²) in [7, 11) is 0. The van der Waals surface area contributed by atoms with E-state index in [1.54, 1.807) is 0 Å². The van der Waals surface area contributed by atoms with Gasteiger partial charge in [0.1, 0.15) is 10.8 Å². The summed E-state index contributed by atoms with van der Waals surface area (Å²) in [5, 5.41) is -0.00690. The van der Waals surface area contributed by atoms with E-state index in [9.17, 15) is 8.78 Å². The number of rotatable bonds is 2. The van der Waals surface area contributed by atoms with Crippen LogP contribution in [0.2, 0.25) is 10.2 Å². The van der Waals surface area contributed by atoms with E-state index < -0.39 is 12.1 Å². The number of alkyl halides is 3. The highest BCUT2D eigenvalue weighted by Gasteiger charge is 2.16. The molecule has 1 aromatic heterocycles. The van der Waals surface area contributed by atoms with E-state index in [1.807, 2.05) is 0 Å². The number of pyridine rings is 1. The fourth-order valence-corrected chi connectivity index (χ4v) is 1.35. The number of hydrogen-bond acceptors (Lipinski definition) is 1. The molecule has 0 aliphatic heterocycles. The zero-order chi connectivity index (χ0) is 10.0. The summed E-state index contributed by atoms with van der Waals surface area (Å²) in [6.45, 7) is 0. The quantitative estimate of drug-likeness (QED) is 0.566. The van der Waals surface area contributed by atoms with Crippen LogP contribution in [-0.4, -0.2) is 4.98 Å². The third-order valence-corrected chi connectivity index (χ3v) is 2.36. The fraction of sp³-hybridized carbons (Fsp3) is 0.286. The summed E-state index contributed by atoms with van der Waals surface area (Å²) in [4.78, 5) is 3.44. The number of aromatic nitrogens is 1. The van der Waals surface area contributed by atoms with Gasteiger partial charge in [-0.1, -0.05) is 23.2 Å². The molecule has 0 bridgehead atoms. The predicted molar refractivity (Wildman–Crippen MR) is 48.8 cm³/mol. The second-order valence-corrected chi connectivity index (χ2v) is 3.27. The zero-order valence-corrected chi connectivity index (χ0v) is 8.47. The Labute approximate surface area is 88.6 Å². The maximum absolute atomic E-state index is 12.3. The van der Waals surface area contributed by atoms with E-state index in [0.29, 0.717) is 0 Å². The van der Waals surface area contributed by atoms with Gasteiger partial charge >= 0.3 is 0 Å². The predicted octanol–water partition coefficient (Wildman–Crippen LogP) is 4.06. The van der Waals surface area contributed by atoms with Crippen LogP contribution in [0.4, 0.5) is 8.78 Å². The molecule has 0 saturated carbocycles. The van der Waals surface area contributed by atoms with Gasteiger partial charge in [0.2, 0.25) is 0 Å². The Morgan fingerprint density at radius 3 is 2.46 bits per heavy atom. The maximum Gasteiger partial charge on any atom is 0.280 e. The van der Waals surface area contributed by atoms with Gasteiger partial charge in [-0.05, 0) is 11.6 Å². The van der Waals surface area contributed by atoms with Crippen LogP contribution in [0.5, 0.6) is 0 Å². The minimum absolute atomic E-state index is 0.0659. The Hall–Kier alpha value is -0.120. The van der Waals surface area contributed by atoms with Crippen LogP contribution in [0.1, 0.15) is 17.7 Å². The van der Waals surface area contributed by atoms with Crippen molar-refractivity contribution in [1.82, 2.24) is 4.98 Å². The number of hydrogen-bond donors (Lipinski definition) is 0. The van der Waals surface area contributed by atoms with Crippen molar-refractivity contribution < 1.29 is 8.78 Å². The monoisotopic (exact) mass is 245 g/mol. The van der Waals surface area contributed by atoms with E-state index >= 15 is 0 Å². The maximum atomic E-state index is 12.3.